The van der Waals surface area contributed by atoms with Crippen LogP contribution in [0.15, 0.2) is 5.11 Å². The van der Waals surface area contributed by atoms with Gasteiger partial charge in [-0.05, 0) is 37.8 Å². The van der Waals surface area contributed by atoms with Crippen LogP contribution >= 0.6 is 31.9 Å². The molecule has 0 spiro atoms. The second kappa shape index (κ2) is 18.9. The van der Waals surface area contributed by atoms with Crippen molar-refractivity contribution in [2.45, 2.75) is 25.7 Å². The van der Waals surface area contributed by atoms with Gasteiger partial charge in [0.25, 0.3) is 0 Å². The number of nitrogens with two attached hydrogens (primary N) is 1. The van der Waals surface area contributed by atoms with Gasteiger partial charge in [0, 0.05) is 22.1 Å². The van der Waals surface area contributed by atoms with Gasteiger partial charge in [-0.25, -0.2) is 0 Å². The van der Waals surface area contributed by atoms with Gasteiger partial charge in [-0.1, -0.05) is 37.0 Å². The monoisotopic (exact) mass is 328 g/mol. The van der Waals surface area contributed by atoms with Crippen molar-refractivity contribution in [3.05, 3.63) is 10.4 Å². The van der Waals surface area contributed by atoms with Gasteiger partial charge in [0.1, 0.15) is 0 Å². The Balaban J connectivity index is 0. The molecule has 84 valence electrons. The lowest BCUT2D eigenvalue weighted by Crippen LogP contribution is -1.98. The van der Waals surface area contributed by atoms with Gasteiger partial charge in [-0.15, -0.1) is 0 Å². The van der Waals surface area contributed by atoms with E-state index in [0.29, 0.717) is 13.1 Å². The first-order valence-corrected chi connectivity index (χ1v) is 6.90. The van der Waals surface area contributed by atoms with Gasteiger partial charge in [0.15, 0.2) is 0 Å². The van der Waals surface area contributed by atoms with E-state index in [9.17, 15) is 0 Å². The highest BCUT2D eigenvalue weighted by molar-refractivity contribution is 9.09. The van der Waals surface area contributed by atoms with Crippen molar-refractivity contribution in [3.63, 3.8) is 0 Å². The number of nitrogens with zero attached hydrogens (tertiary/aromatic N) is 3. The van der Waals surface area contributed by atoms with Crippen molar-refractivity contribution < 1.29 is 0 Å². The van der Waals surface area contributed by atoms with Gasteiger partial charge in [0.05, 0.1) is 0 Å². The van der Waals surface area contributed by atoms with Gasteiger partial charge in [-0.2, -0.15) is 0 Å². The van der Waals surface area contributed by atoms with Crippen molar-refractivity contribution in [1.82, 2.24) is 0 Å². The molecule has 0 saturated heterocycles. The maximum atomic E-state index is 7.79. The second-order valence-corrected chi connectivity index (χ2v) is 4.12. The third-order valence-electron chi connectivity index (χ3n) is 1.29. The van der Waals surface area contributed by atoms with Crippen molar-refractivity contribution in [2.75, 3.05) is 23.7 Å². The Morgan fingerprint density at radius 3 is 2.00 bits per heavy atom. The van der Waals surface area contributed by atoms with Crippen LogP contribution in [-0.2, 0) is 0 Å². The maximum absolute atomic E-state index is 7.79. The predicted octanol–water partition coefficient (Wildman–Crippen LogP) is 3.59. The Morgan fingerprint density at radius 2 is 1.64 bits per heavy atom. The van der Waals surface area contributed by atoms with Crippen LogP contribution < -0.4 is 5.73 Å². The summed E-state index contributed by atoms with van der Waals surface area (Å²) in [7, 11) is 0. The second-order valence-electron chi connectivity index (χ2n) is 2.54. The Bertz CT molecular complexity index is 133. The first kappa shape index (κ1) is 16.7. The maximum Gasteiger partial charge on any atom is 0.0258 e. The van der Waals surface area contributed by atoms with E-state index in [4.69, 9.17) is 11.3 Å². The zero-order valence-corrected chi connectivity index (χ0v) is 11.5. The average molecular weight is 330 g/mol. The topological polar surface area (TPSA) is 74.8 Å². The summed E-state index contributed by atoms with van der Waals surface area (Å²) in [5.41, 5.74) is 13.0. The smallest absolute Gasteiger partial charge is 0.0258 e. The Labute approximate surface area is 103 Å². The summed E-state index contributed by atoms with van der Waals surface area (Å²) in [6.45, 7) is 1.26. The van der Waals surface area contributed by atoms with E-state index < -0.39 is 0 Å². The number of azide groups is 1. The van der Waals surface area contributed by atoms with E-state index in [1.807, 2.05) is 0 Å². The number of hydrogen-bond acceptors (Lipinski definition) is 2. The molecule has 0 aliphatic rings. The quantitative estimate of drug-likeness (QED) is 0.250. The van der Waals surface area contributed by atoms with Crippen LogP contribution in [0, 0.1) is 0 Å². The molecule has 0 atom stereocenters. The SMILES string of the molecule is BrCCCCBr.[N-]=[N+]=NCCCCN. The van der Waals surface area contributed by atoms with Crippen LogP contribution in [0.4, 0.5) is 0 Å². The van der Waals surface area contributed by atoms with Gasteiger partial charge in [-0.3, -0.25) is 0 Å². The number of rotatable bonds is 7. The molecule has 0 fully saturated rings. The largest absolute Gasteiger partial charge is 0.330 e. The van der Waals surface area contributed by atoms with E-state index in [1.165, 1.54) is 12.8 Å². The molecule has 0 amide bonds. The summed E-state index contributed by atoms with van der Waals surface area (Å²) in [5.74, 6) is 0. The van der Waals surface area contributed by atoms with Crippen molar-refractivity contribution in [3.8, 4) is 0 Å². The van der Waals surface area contributed by atoms with Crippen LogP contribution in [-0.4, -0.2) is 23.7 Å². The highest BCUT2D eigenvalue weighted by Crippen LogP contribution is 1.95. The van der Waals surface area contributed by atoms with Crippen LogP contribution in [0.2, 0.25) is 0 Å². The normalized spacial score (nSPS) is 8.50. The lowest BCUT2D eigenvalue weighted by Gasteiger charge is -1.87. The van der Waals surface area contributed by atoms with Gasteiger partial charge in [0.2, 0.25) is 0 Å². The molecular weight excluding hydrogens is 312 g/mol. The van der Waals surface area contributed by atoms with Crippen LogP contribution in [0.25, 0.3) is 10.4 Å². The summed E-state index contributed by atoms with van der Waals surface area (Å²) in [5, 5.41) is 5.61. The molecule has 0 radical (unpaired) electrons. The summed E-state index contributed by atoms with van der Waals surface area (Å²) in [4.78, 5) is 2.59. The van der Waals surface area contributed by atoms with E-state index in [2.05, 4.69) is 41.9 Å². The molecule has 14 heavy (non-hydrogen) atoms. The van der Waals surface area contributed by atoms with E-state index in [0.717, 1.165) is 23.5 Å². The minimum absolute atomic E-state index is 0.577. The molecule has 0 saturated carbocycles. The van der Waals surface area contributed by atoms with Crippen LogP contribution in [0.5, 0.6) is 0 Å². The van der Waals surface area contributed by atoms with E-state index in [1.54, 1.807) is 0 Å². The summed E-state index contributed by atoms with van der Waals surface area (Å²) < 4.78 is 0. The highest BCUT2D eigenvalue weighted by atomic mass is 79.9. The summed E-state index contributed by atoms with van der Waals surface area (Å²) in [6, 6.07) is 0. The fraction of sp³-hybridized carbons (Fsp3) is 1.00. The Kier molecular flexibility index (Phi) is 22.5. The zero-order chi connectivity index (χ0) is 11.1. The molecule has 0 aliphatic heterocycles. The molecule has 4 nitrogen and oxygen atoms in total. The zero-order valence-electron chi connectivity index (χ0n) is 8.33. The number of alkyl halides is 2. The first-order valence-electron chi connectivity index (χ1n) is 4.66. The number of unbranched alkanes of at least 4 members (excludes halogenated alkanes) is 2. The minimum Gasteiger partial charge on any atom is -0.330 e. The molecule has 0 aromatic carbocycles. The highest BCUT2D eigenvalue weighted by Gasteiger charge is 1.79. The minimum atomic E-state index is 0.577. The van der Waals surface area contributed by atoms with Crippen LogP contribution in [0.3, 0.4) is 0 Å². The molecule has 0 unspecified atom stereocenters. The molecule has 0 aromatic rings. The summed E-state index contributed by atoms with van der Waals surface area (Å²) >= 11 is 6.66. The Morgan fingerprint density at radius 1 is 1.07 bits per heavy atom. The van der Waals surface area contributed by atoms with E-state index >= 15 is 0 Å². The number of hydrogen-bond donors (Lipinski definition) is 1. The van der Waals surface area contributed by atoms with Gasteiger partial charge < -0.3 is 5.73 Å². The molecule has 0 aromatic heterocycles. The van der Waals surface area contributed by atoms with Crippen molar-refractivity contribution in [1.29, 1.82) is 0 Å². The number of halogens is 2. The van der Waals surface area contributed by atoms with Gasteiger partial charge >= 0.3 is 0 Å². The molecule has 0 aliphatic carbocycles. The standard InChI is InChI=1S/C4H8Br2.C4H10N4/c5-3-1-2-4-6;5-3-1-2-4-7-8-6/h1-4H2;1-5H2. The third-order valence-corrected chi connectivity index (χ3v) is 2.41. The molecular formula is C8H18Br2N4. The first-order chi connectivity index (χ1) is 6.83. The van der Waals surface area contributed by atoms with Crippen molar-refractivity contribution >= 4 is 31.9 Å². The lowest BCUT2D eigenvalue weighted by molar-refractivity contribution is 0.752. The summed E-state index contributed by atoms with van der Waals surface area (Å²) in [6.07, 6.45) is 4.41. The third kappa shape index (κ3) is 22.8. The Hall–Kier alpha value is 0.230. The molecule has 0 heterocycles. The molecule has 0 bridgehead atoms. The molecule has 2 N–H and O–H groups in total. The predicted molar refractivity (Wildman–Crippen MR) is 69.1 cm³/mol. The fourth-order valence-corrected chi connectivity index (χ4v) is 1.35. The van der Waals surface area contributed by atoms with Crippen LogP contribution in [0.1, 0.15) is 25.7 Å². The molecule has 0 rings (SSSR count). The van der Waals surface area contributed by atoms with E-state index in [-0.39, 0.29) is 0 Å². The lowest BCUT2D eigenvalue weighted by atomic mass is 10.3. The molecule has 6 heteroatoms. The average Bonchev–Trinajstić information content (AvgIpc) is 2.22. The van der Waals surface area contributed by atoms with Crippen molar-refractivity contribution in [2.24, 2.45) is 10.8 Å². The fourth-order valence-electron chi connectivity index (χ4n) is 0.561.